The Morgan fingerprint density at radius 1 is 1.33 bits per heavy atom. The summed E-state index contributed by atoms with van der Waals surface area (Å²) >= 11 is 5.98. The Bertz CT molecular complexity index is 568. The number of hydrogen-bond acceptors (Lipinski definition) is 4. The summed E-state index contributed by atoms with van der Waals surface area (Å²) in [5.41, 5.74) is 1.09. The number of nitrogens with zero attached hydrogens (tertiary/aromatic N) is 2. The highest BCUT2D eigenvalue weighted by Gasteiger charge is 2.17. The van der Waals surface area contributed by atoms with E-state index in [1.165, 1.54) is 0 Å². The summed E-state index contributed by atoms with van der Waals surface area (Å²) < 4.78 is 5.36. The molecule has 0 saturated heterocycles. The molecule has 0 saturated carbocycles. The predicted molar refractivity (Wildman–Crippen MR) is 84.6 cm³/mol. The van der Waals surface area contributed by atoms with Crippen LogP contribution in [0.15, 0.2) is 28.8 Å². The van der Waals surface area contributed by atoms with E-state index in [9.17, 15) is 0 Å². The minimum Gasteiger partial charge on any atom is -0.339 e. The van der Waals surface area contributed by atoms with Crippen LogP contribution < -0.4 is 5.32 Å². The van der Waals surface area contributed by atoms with Crippen molar-refractivity contribution < 1.29 is 4.52 Å². The third kappa shape index (κ3) is 4.83. The highest BCUT2D eigenvalue weighted by Crippen LogP contribution is 2.14. The lowest BCUT2D eigenvalue weighted by molar-refractivity contribution is 0.327. The third-order valence-electron chi connectivity index (χ3n) is 3.43. The summed E-state index contributed by atoms with van der Waals surface area (Å²) in [5, 5.41) is 8.23. The van der Waals surface area contributed by atoms with E-state index in [1.54, 1.807) is 0 Å². The van der Waals surface area contributed by atoms with Gasteiger partial charge >= 0.3 is 0 Å². The van der Waals surface area contributed by atoms with Crippen molar-refractivity contribution in [2.75, 3.05) is 6.54 Å². The van der Waals surface area contributed by atoms with E-state index >= 15 is 0 Å². The molecule has 4 nitrogen and oxygen atoms in total. The van der Waals surface area contributed by atoms with Crippen molar-refractivity contribution in [2.24, 2.45) is 5.92 Å². The maximum absolute atomic E-state index is 5.98. The highest BCUT2D eigenvalue weighted by molar-refractivity contribution is 6.30. The summed E-state index contributed by atoms with van der Waals surface area (Å²) in [4.78, 5) is 4.48. The monoisotopic (exact) mass is 307 g/mol. The molecule has 1 aromatic carbocycles. The number of nitrogens with one attached hydrogen (secondary N) is 1. The predicted octanol–water partition coefficient (Wildman–Crippen LogP) is 3.49. The average molecular weight is 308 g/mol. The van der Waals surface area contributed by atoms with Crippen molar-refractivity contribution in [3.8, 4) is 0 Å². The molecule has 1 N–H and O–H groups in total. The van der Waals surface area contributed by atoms with Crippen LogP contribution in [-0.2, 0) is 12.8 Å². The summed E-state index contributed by atoms with van der Waals surface area (Å²) in [5.74, 6) is 1.91. The molecule has 2 rings (SSSR count). The molecular formula is C16H22ClN3O. The maximum Gasteiger partial charge on any atom is 0.228 e. The van der Waals surface area contributed by atoms with E-state index in [0.717, 1.165) is 23.6 Å². The molecule has 0 aliphatic rings. The number of halogens is 1. The van der Waals surface area contributed by atoms with Gasteiger partial charge in [0.2, 0.25) is 5.89 Å². The first-order valence-electron chi connectivity index (χ1n) is 7.37. The van der Waals surface area contributed by atoms with Gasteiger partial charge in [0.1, 0.15) is 0 Å². The van der Waals surface area contributed by atoms with E-state index in [-0.39, 0.29) is 0 Å². The quantitative estimate of drug-likeness (QED) is 0.850. The van der Waals surface area contributed by atoms with Gasteiger partial charge in [-0.2, -0.15) is 4.98 Å². The molecule has 0 fully saturated rings. The van der Waals surface area contributed by atoms with Gasteiger partial charge in [-0.15, -0.1) is 0 Å². The van der Waals surface area contributed by atoms with Gasteiger partial charge in [0.15, 0.2) is 5.82 Å². The largest absolute Gasteiger partial charge is 0.339 e. The van der Waals surface area contributed by atoms with Crippen LogP contribution in [0.3, 0.4) is 0 Å². The highest BCUT2D eigenvalue weighted by atomic mass is 35.5. The Kier molecular flexibility index (Phi) is 5.76. The Morgan fingerprint density at radius 2 is 2.14 bits per heavy atom. The number of likely N-dealkylation sites (N-methyl/N-ethyl adjacent to an activating group) is 1. The van der Waals surface area contributed by atoms with Gasteiger partial charge in [-0.05, 0) is 30.2 Å². The van der Waals surface area contributed by atoms with Crippen molar-refractivity contribution in [3.63, 3.8) is 0 Å². The SMILES string of the molecule is CCNC(Cc1nc(Cc2cccc(Cl)c2)no1)C(C)C. The second kappa shape index (κ2) is 7.57. The molecule has 0 spiro atoms. The van der Waals surface area contributed by atoms with Crippen LogP contribution in [0.1, 0.15) is 38.0 Å². The molecule has 1 aromatic heterocycles. The first-order valence-corrected chi connectivity index (χ1v) is 7.75. The fourth-order valence-corrected chi connectivity index (χ4v) is 2.48. The normalized spacial score (nSPS) is 12.8. The van der Waals surface area contributed by atoms with Gasteiger partial charge in [0.05, 0.1) is 0 Å². The van der Waals surface area contributed by atoms with Crippen LogP contribution in [0, 0.1) is 5.92 Å². The lowest BCUT2D eigenvalue weighted by Gasteiger charge is -2.19. The molecule has 0 radical (unpaired) electrons. The van der Waals surface area contributed by atoms with E-state index in [0.29, 0.717) is 30.1 Å². The first-order chi connectivity index (χ1) is 10.1. The Labute approximate surface area is 130 Å². The van der Waals surface area contributed by atoms with E-state index in [1.807, 2.05) is 24.3 Å². The molecule has 0 aliphatic carbocycles. The number of rotatable bonds is 7. The van der Waals surface area contributed by atoms with Gasteiger partial charge in [-0.25, -0.2) is 0 Å². The van der Waals surface area contributed by atoms with Crippen molar-refractivity contribution in [1.82, 2.24) is 15.5 Å². The van der Waals surface area contributed by atoms with E-state index in [2.05, 4.69) is 36.2 Å². The van der Waals surface area contributed by atoms with Crippen LogP contribution in [0.5, 0.6) is 0 Å². The smallest absolute Gasteiger partial charge is 0.228 e. The standard InChI is InChI=1S/C16H22ClN3O/c1-4-18-14(11(2)3)10-16-19-15(20-21-16)9-12-6-5-7-13(17)8-12/h5-8,11,14,18H,4,9-10H2,1-3H3. The molecule has 0 amide bonds. The summed E-state index contributed by atoms with van der Waals surface area (Å²) in [6.45, 7) is 7.42. The van der Waals surface area contributed by atoms with Crippen LogP contribution >= 0.6 is 11.6 Å². The number of benzene rings is 1. The third-order valence-corrected chi connectivity index (χ3v) is 3.66. The Balaban J connectivity index is 2.00. The van der Waals surface area contributed by atoms with Crippen molar-refractivity contribution in [3.05, 3.63) is 46.6 Å². The minimum absolute atomic E-state index is 0.356. The molecule has 5 heteroatoms. The molecule has 0 aliphatic heterocycles. The number of hydrogen-bond donors (Lipinski definition) is 1. The second-order valence-electron chi connectivity index (χ2n) is 5.52. The lowest BCUT2D eigenvalue weighted by Crippen LogP contribution is -2.35. The van der Waals surface area contributed by atoms with Gasteiger partial charge in [0, 0.05) is 23.9 Å². The zero-order chi connectivity index (χ0) is 15.2. The molecule has 2 aromatic rings. The molecular weight excluding hydrogens is 286 g/mol. The Hall–Kier alpha value is -1.39. The van der Waals surface area contributed by atoms with Crippen molar-refractivity contribution in [1.29, 1.82) is 0 Å². The fraction of sp³-hybridized carbons (Fsp3) is 0.500. The Morgan fingerprint density at radius 3 is 2.81 bits per heavy atom. The van der Waals surface area contributed by atoms with Gasteiger partial charge < -0.3 is 9.84 Å². The molecule has 21 heavy (non-hydrogen) atoms. The van der Waals surface area contributed by atoms with Crippen molar-refractivity contribution in [2.45, 2.75) is 39.7 Å². The first kappa shape index (κ1) is 16.0. The van der Waals surface area contributed by atoms with E-state index in [4.69, 9.17) is 16.1 Å². The van der Waals surface area contributed by atoms with Gasteiger partial charge in [-0.1, -0.05) is 49.7 Å². The number of aromatic nitrogens is 2. The van der Waals surface area contributed by atoms with Crippen molar-refractivity contribution >= 4 is 11.6 Å². The maximum atomic E-state index is 5.98. The van der Waals surface area contributed by atoms with E-state index < -0.39 is 0 Å². The fourth-order valence-electron chi connectivity index (χ4n) is 2.27. The molecule has 114 valence electrons. The zero-order valence-electron chi connectivity index (χ0n) is 12.8. The summed E-state index contributed by atoms with van der Waals surface area (Å²) in [6.07, 6.45) is 1.39. The zero-order valence-corrected chi connectivity index (χ0v) is 13.5. The van der Waals surface area contributed by atoms with Crippen LogP contribution in [0.4, 0.5) is 0 Å². The molecule has 0 bridgehead atoms. The van der Waals surface area contributed by atoms with Gasteiger partial charge in [-0.3, -0.25) is 0 Å². The van der Waals surface area contributed by atoms with Gasteiger partial charge in [0.25, 0.3) is 0 Å². The minimum atomic E-state index is 0.356. The molecule has 1 unspecified atom stereocenters. The topological polar surface area (TPSA) is 51.0 Å². The summed E-state index contributed by atoms with van der Waals surface area (Å²) in [6, 6.07) is 8.08. The van der Waals surface area contributed by atoms with Crippen LogP contribution in [0.25, 0.3) is 0 Å². The molecule has 1 heterocycles. The average Bonchev–Trinajstić information content (AvgIpc) is 2.85. The van der Waals surface area contributed by atoms with Crippen LogP contribution in [0.2, 0.25) is 5.02 Å². The second-order valence-corrected chi connectivity index (χ2v) is 5.96. The lowest BCUT2D eigenvalue weighted by atomic mass is 10.0. The summed E-state index contributed by atoms with van der Waals surface area (Å²) in [7, 11) is 0. The molecule has 1 atom stereocenters. The van der Waals surface area contributed by atoms with Crippen LogP contribution in [-0.4, -0.2) is 22.7 Å².